The molecule has 7 heteroatoms. The van der Waals surface area contributed by atoms with Crippen LogP contribution < -0.4 is 9.64 Å². The summed E-state index contributed by atoms with van der Waals surface area (Å²) in [4.78, 5) is 37.6. The number of nitrogens with zero attached hydrogens (tertiary/aromatic N) is 4. The monoisotopic (exact) mass is 396 g/mol. The summed E-state index contributed by atoms with van der Waals surface area (Å²) in [5.41, 5.74) is 1.56. The summed E-state index contributed by atoms with van der Waals surface area (Å²) in [6.07, 6.45) is 1.66. The highest BCUT2D eigenvalue weighted by Crippen LogP contribution is 2.22. The maximum absolute atomic E-state index is 12.7. The number of amides is 1. The lowest BCUT2D eigenvalue weighted by Gasteiger charge is -2.34. The molecule has 7 nitrogen and oxygen atoms in total. The van der Waals surface area contributed by atoms with E-state index in [1.54, 1.807) is 29.3 Å². The molecule has 0 unspecified atom stereocenters. The Hall–Kier alpha value is -2.96. The van der Waals surface area contributed by atoms with Crippen molar-refractivity contribution in [2.45, 2.75) is 33.1 Å². The van der Waals surface area contributed by atoms with Gasteiger partial charge in [-0.15, -0.1) is 0 Å². The van der Waals surface area contributed by atoms with Crippen LogP contribution in [0.2, 0.25) is 0 Å². The molecule has 2 aromatic rings. The molecule has 1 amide bonds. The van der Waals surface area contributed by atoms with Crippen molar-refractivity contribution in [3.63, 3.8) is 0 Å². The molecule has 1 fully saturated rings. The smallest absolute Gasteiger partial charge is 0.295 e. The summed E-state index contributed by atoms with van der Waals surface area (Å²) in [5.74, 6) is 0.183. The molecule has 1 aliphatic rings. The Morgan fingerprint density at radius 3 is 2.28 bits per heavy atom. The highest BCUT2D eigenvalue weighted by molar-refractivity contribution is 6.42. The van der Waals surface area contributed by atoms with Crippen molar-refractivity contribution >= 4 is 17.6 Å². The lowest BCUT2D eigenvalue weighted by molar-refractivity contribution is -0.126. The van der Waals surface area contributed by atoms with Crippen molar-refractivity contribution in [1.29, 1.82) is 0 Å². The average Bonchev–Trinajstić information content (AvgIpc) is 2.73. The average molecular weight is 396 g/mol. The quantitative estimate of drug-likeness (QED) is 0.571. The Labute approximate surface area is 171 Å². The second-order valence-electron chi connectivity index (χ2n) is 8.06. The lowest BCUT2D eigenvalue weighted by atomic mass is 9.86. The van der Waals surface area contributed by atoms with Crippen LogP contribution in [0.15, 0.2) is 36.5 Å². The van der Waals surface area contributed by atoms with Crippen molar-refractivity contribution < 1.29 is 14.3 Å². The van der Waals surface area contributed by atoms with Gasteiger partial charge in [0.05, 0.1) is 6.61 Å². The Balaban J connectivity index is 1.61. The van der Waals surface area contributed by atoms with Crippen LogP contribution in [0.4, 0.5) is 5.95 Å². The zero-order chi connectivity index (χ0) is 21.0. The number of ketones is 1. The van der Waals surface area contributed by atoms with Crippen LogP contribution in [0, 0.1) is 0 Å². The predicted molar refractivity (Wildman–Crippen MR) is 111 cm³/mol. The van der Waals surface area contributed by atoms with Gasteiger partial charge in [0.15, 0.2) is 0 Å². The fourth-order valence-electron chi connectivity index (χ4n) is 3.21. The number of hydrogen-bond acceptors (Lipinski definition) is 6. The first-order chi connectivity index (χ1) is 13.8. The SMILES string of the molecule is CCOc1ccnc(N2CCN(C(=O)C(=O)c3ccc(C(C)(C)C)cc3)CC2)n1. The highest BCUT2D eigenvalue weighted by Gasteiger charge is 2.28. The molecule has 0 N–H and O–H groups in total. The van der Waals surface area contributed by atoms with E-state index in [0.717, 1.165) is 5.56 Å². The van der Waals surface area contributed by atoms with Crippen molar-refractivity contribution in [3.8, 4) is 5.88 Å². The molecule has 1 saturated heterocycles. The molecule has 0 bridgehead atoms. The Bertz CT molecular complexity index is 866. The van der Waals surface area contributed by atoms with Gasteiger partial charge in [-0.2, -0.15) is 4.98 Å². The minimum Gasteiger partial charge on any atom is -0.478 e. The molecule has 0 radical (unpaired) electrons. The molecule has 1 aromatic carbocycles. The molecule has 2 heterocycles. The molecular weight excluding hydrogens is 368 g/mol. The van der Waals surface area contributed by atoms with Gasteiger partial charge in [-0.1, -0.05) is 45.0 Å². The van der Waals surface area contributed by atoms with Crippen LogP contribution in [0.25, 0.3) is 0 Å². The number of aromatic nitrogens is 2. The summed E-state index contributed by atoms with van der Waals surface area (Å²) in [7, 11) is 0. The van der Waals surface area contributed by atoms with Gasteiger partial charge < -0.3 is 14.5 Å². The number of ether oxygens (including phenoxy) is 1. The number of carbonyl (C=O) groups excluding carboxylic acids is 2. The summed E-state index contributed by atoms with van der Waals surface area (Å²) in [6, 6.07) is 9.03. The van der Waals surface area contributed by atoms with Gasteiger partial charge in [0, 0.05) is 44.0 Å². The van der Waals surface area contributed by atoms with Gasteiger partial charge in [-0.3, -0.25) is 9.59 Å². The molecule has 0 aliphatic carbocycles. The molecule has 3 rings (SSSR count). The van der Waals surface area contributed by atoms with Crippen LogP contribution in [-0.2, 0) is 10.2 Å². The number of rotatable bonds is 5. The molecule has 29 heavy (non-hydrogen) atoms. The molecule has 1 aromatic heterocycles. The van der Waals surface area contributed by atoms with Crippen LogP contribution in [-0.4, -0.2) is 59.3 Å². The van der Waals surface area contributed by atoms with Crippen molar-refractivity contribution in [2.24, 2.45) is 0 Å². The second-order valence-corrected chi connectivity index (χ2v) is 8.06. The summed E-state index contributed by atoms with van der Waals surface area (Å²) >= 11 is 0. The van der Waals surface area contributed by atoms with Gasteiger partial charge in [0.25, 0.3) is 5.91 Å². The van der Waals surface area contributed by atoms with Crippen molar-refractivity contribution in [3.05, 3.63) is 47.7 Å². The summed E-state index contributed by atoms with van der Waals surface area (Å²) in [5, 5.41) is 0. The largest absolute Gasteiger partial charge is 0.478 e. The molecular formula is C22H28N4O3. The number of anilines is 1. The van der Waals surface area contributed by atoms with E-state index in [0.29, 0.717) is 50.2 Å². The molecule has 0 spiro atoms. The number of carbonyl (C=O) groups is 2. The molecule has 154 valence electrons. The van der Waals surface area contributed by atoms with Gasteiger partial charge >= 0.3 is 0 Å². The van der Waals surface area contributed by atoms with Crippen LogP contribution >= 0.6 is 0 Å². The summed E-state index contributed by atoms with van der Waals surface area (Å²) in [6.45, 7) is 10.8. The molecule has 1 aliphatic heterocycles. The van der Waals surface area contributed by atoms with Gasteiger partial charge in [-0.25, -0.2) is 4.98 Å². The fourth-order valence-corrected chi connectivity index (χ4v) is 3.21. The predicted octanol–water partition coefficient (Wildman–Crippen LogP) is 2.70. The van der Waals surface area contributed by atoms with Gasteiger partial charge in [0.1, 0.15) is 0 Å². The number of benzene rings is 1. The number of piperazine rings is 1. The van der Waals surface area contributed by atoms with E-state index in [1.165, 1.54) is 0 Å². The van der Waals surface area contributed by atoms with E-state index in [-0.39, 0.29) is 5.41 Å². The third-order valence-corrected chi connectivity index (χ3v) is 4.97. The van der Waals surface area contributed by atoms with Crippen molar-refractivity contribution in [1.82, 2.24) is 14.9 Å². The third-order valence-electron chi connectivity index (χ3n) is 4.97. The van der Waals surface area contributed by atoms with Crippen LogP contribution in [0.1, 0.15) is 43.6 Å². The minimum absolute atomic E-state index is 0.00343. The van der Waals surface area contributed by atoms with E-state index in [1.807, 2.05) is 24.0 Å². The Morgan fingerprint density at radius 2 is 1.69 bits per heavy atom. The number of Topliss-reactive ketones (excluding diaryl/α,β-unsaturated/α-hetero) is 1. The Morgan fingerprint density at radius 1 is 1.03 bits per heavy atom. The van der Waals surface area contributed by atoms with Crippen LogP contribution in [0.3, 0.4) is 0 Å². The normalized spacial score (nSPS) is 14.6. The van der Waals surface area contributed by atoms with Gasteiger partial charge in [-0.05, 0) is 17.9 Å². The summed E-state index contributed by atoms with van der Waals surface area (Å²) < 4.78 is 5.42. The topological polar surface area (TPSA) is 75.6 Å². The third kappa shape index (κ3) is 4.91. The van der Waals surface area contributed by atoms with E-state index in [4.69, 9.17) is 4.74 Å². The van der Waals surface area contributed by atoms with Crippen molar-refractivity contribution in [2.75, 3.05) is 37.7 Å². The lowest BCUT2D eigenvalue weighted by Crippen LogP contribution is -2.51. The van der Waals surface area contributed by atoms with E-state index in [9.17, 15) is 9.59 Å². The standard InChI is InChI=1S/C22H28N4O3/c1-5-29-18-10-11-23-21(24-18)26-14-12-25(13-15-26)20(28)19(27)16-6-8-17(9-7-16)22(2,3)4/h6-11H,5,12-15H2,1-4H3. The van der Waals surface area contributed by atoms with E-state index >= 15 is 0 Å². The molecule has 0 saturated carbocycles. The zero-order valence-corrected chi connectivity index (χ0v) is 17.5. The first kappa shape index (κ1) is 20.8. The fraction of sp³-hybridized carbons (Fsp3) is 0.455. The van der Waals surface area contributed by atoms with E-state index < -0.39 is 11.7 Å². The maximum atomic E-state index is 12.7. The Kier molecular flexibility index (Phi) is 6.15. The zero-order valence-electron chi connectivity index (χ0n) is 17.5. The van der Waals surface area contributed by atoms with Gasteiger partial charge in [0.2, 0.25) is 17.6 Å². The molecule has 0 atom stereocenters. The highest BCUT2D eigenvalue weighted by atomic mass is 16.5. The first-order valence-electron chi connectivity index (χ1n) is 9.94. The maximum Gasteiger partial charge on any atom is 0.295 e. The van der Waals surface area contributed by atoms with Crippen LogP contribution in [0.5, 0.6) is 5.88 Å². The first-order valence-corrected chi connectivity index (χ1v) is 9.94. The second kappa shape index (κ2) is 8.59. The minimum atomic E-state index is -0.464. The number of hydrogen-bond donors (Lipinski definition) is 0. The van der Waals surface area contributed by atoms with E-state index in [2.05, 4.69) is 30.7 Å².